The van der Waals surface area contributed by atoms with Crippen molar-refractivity contribution in [2.24, 2.45) is 0 Å². The topological polar surface area (TPSA) is 46.2 Å². The first-order chi connectivity index (χ1) is 8.68. The molecule has 0 radical (unpaired) electrons. The fourth-order valence-corrected chi connectivity index (χ4v) is 5.23. The zero-order valence-electron chi connectivity index (χ0n) is 11.4. The Kier molecular flexibility index (Phi) is 5.49. The molecule has 4 heteroatoms. The molecule has 0 aromatic carbocycles. The van der Waals surface area contributed by atoms with E-state index < -0.39 is 9.84 Å². The molecule has 0 spiro atoms. The highest BCUT2D eigenvalue weighted by molar-refractivity contribution is 7.92. The zero-order valence-corrected chi connectivity index (χ0v) is 12.2. The number of hydrogen-bond acceptors (Lipinski definition) is 3. The van der Waals surface area contributed by atoms with Gasteiger partial charge in [-0.15, -0.1) is 0 Å². The number of hydrogen-bond donors (Lipinski definition) is 1. The Balaban J connectivity index is 1.64. The fraction of sp³-hybridized carbons (Fsp3) is 1.00. The molecule has 2 rings (SSSR count). The first kappa shape index (κ1) is 14.3. The van der Waals surface area contributed by atoms with Crippen LogP contribution in [-0.4, -0.2) is 32.0 Å². The second-order valence-corrected chi connectivity index (χ2v) is 8.32. The molecule has 0 aromatic rings. The molecule has 18 heavy (non-hydrogen) atoms. The lowest BCUT2D eigenvalue weighted by Crippen LogP contribution is -2.31. The van der Waals surface area contributed by atoms with Crippen molar-refractivity contribution in [1.29, 1.82) is 0 Å². The summed E-state index contributed by atoms with van der Waals surface area (Å²) in [5.41, 5.74) is 0. The van der Waals surface area contributed by atoms with Crippen LogP contribution < -0.4 is 5.32 Å². The molecule has 1 N–H and O–H groups in total. The molecule has 0 amide bonds. The van der Waals surface area contributed by atoms with Crippen molar-refractivity contribution in [1.82, 2.24) is 5.32 Å². The van der Waals surface area contributed by atoms with Gasteiger partial charge in [0.1, 0.15) is 0 Å². The predicted molar refractivity (Wildman–Crippen MR) is 75.5 cm³/mol. The average Bonchev–Trinajstić information content (AvgIpc) is 2.89. The van der Waals surface area contributed by atoms with Gasteiger partial charge < -0.3 is 5.32 Å². The SMILES string of the molecule is O=S(=O)(CCCNC1CCCC1)C1CCCCC1. The minimum Gasteiger partial charge on any atom is -0.314 e. The van der Waals surface area contributed by atoms with E-state index in [9.17, 15) is 8.42 Å². The van der Waals surface area contributed by atoms with Crippen LogP contribution in [0.25, 0.3) is 0 Å². The summed E-state index contributed by atoms with van der Waals surface area (Å²) in [4.78, 5) is 0. The van der Waals surface area contributed by atoms with Crippen LogP contribution in [0.1, 0.15) is 64.2 Å². The lowest BCUT2D eigenvalue weighted by Gasteiger charge is -2.21. The van der Waals surface area contributed by atoms with Crippen LogP contribution in [-0.2, 0) is 9.84 Å². The highest BCUT2D eigenvalue weighted by Crippen LogP contribution is 2.24. The van der Waals surface area contributed by atoms with Gasteiger partial charge in [0.15, 0.2) is 9.84 Å². The Morgan fingerprint density at radius 1 is 0.889 bits per heavy atom. The molecule has 2 fully saturated rings. The molecule has 0 atom stereocenters. The maximum Gasteiger partial charge on any atom is 0.153 e. The van der Waals surface area contributed by atoms with Crippen LogP contribution in [0.3, 0.4) is 0 Å². The summed E-state index contributed by atoms with van der Waals surface area (Å²) >= 11 is 0. The van der Waals surface area contributed by atoms with E-state index in [1.54, 1.807) is 0 Å². The molecule has 2 aliphatic carbocycles. The second kappa shape index (κ2) is 6.90. The minimum absolute atomic E-state index is 0.0299. The van der Waals surface area contributed by atoms with Crippen molar-refractivity contribution in [2.75, 3.05) is 12.3 Å². The largest absolute Gasteiger partial charge is 0.314 e. The Labute approximate surface area is 112 Å². The van der Waals surface area contributed by atoms with Crippen LogP contribution in [0.15, 0.2) is 0 Å². The summed E-state index contributed by atoms with van der Waals surface area (Å²) in [6.45, 7) is 0.872. The lowest BCUT2D eigenvalue weighted by atomic mass is 10.0. The van der Waals surface area contributed by atoms with Gasteiger partial charge in [-0.2, -0.15) is 0 Å². The van der Waals surface area contributed by atoms with Gasteiger partial charge in [-0.05, 0) is 38.6 Å². The Hall–Kier alpha value is -0.0900. The van der Waals surface area contributed by atoms with Gasteiger partial charge in [-0.3, -0.25) is 0 Å². The summed E-state index contributed by atoms with van der Waals surface area (Å²) in [6.07, 6.45) is 11.2. The van der Waals surface area contributed by atoms with Gasteiger partial charge in [0.05, 0.1) is 11.0 Å². The van der Waals surface area contributed by atoms with Crippen LogP contribution in [0.4, 0.5) is 0 Å². The molecule has 0 saturated heterocycles. The molecule has 3 nitrogen and oxygen atoms in total. The van der Waals surface area contributed by atoms with Gasteiger partial charge in [0.2, 0.25) is 0 Å². The fourth-order valence-electron chi connectivity index (χ4n) is 3.30. The van der Waals surface area contributed by atoms with Crippen LogP contribution >= 0.6 is 0 Å². The van der Waals surface area contributed by atoms with E-state index >= 15 is 0 Å². The van der Waals surface area contributed by atoms with Crippen molar-refractivity contribution in [3.05, 3.63) is 0 Å². The molecular formula is C14H27NO2S. The van der Waals surface area contributed by atoms with E-state index in [2.05, 4.69) is 5.32 Å². The van der Waals surface area contributed by atoms with E-state index in [1.807, 2.05) is 0 Å². The third-order valence-corrected chi connectivity index (χ3v) is 6.80. The third-order valence-electron chi connectivity index (χ3n) is 4.45. The van der Waals surface area contributed by atoms with Gasteiger partial charge in [0.25, 0.3) is 0 Å². The van der Waals surface area contributed by atoms with E-state index in [0.29, 0.717) is 11.8 Å². The Bertz CT molecular complexity index is 328. The van der Waals surface area contributed by atoms with Gasteiger partial charge in [-0.1, -0.05) is 32.1 Å². The molecule has 106 valence electrons. The zero-order chi connectivity index (χ0) is 12.8. The summed E-state index contributed by atoms with van der Waals surface area (Å²) in [6, 6.07) is 0.655. The smallest absolute Gasteiger partial charge is 0.153 e. The number of sulfone groups is 1. The quantitative estimate of drug-likeness (QED) is 0.757. The van der Waals surface area contributed by atoms with Crippen molar-refractivity contribution < 1.29 is 8.42 Å². The van der Waals surface area contributed by atoms with E-state index in [4.69, 9.17) is 0 Å². The Morgan fingerprint density at radius 3 is 2.17 bits per heavy atom. The summed E-state index contributed by atoms with van der Waals surface area (Å²) in [7, 11) is -2.82. The molecule has 2 aliphatic rings. The molecule has 0 aromatic heterocycles. The lowest BCUT2D eigenvalue weighted by molar-refractivity contribution is 0.480. The van der Waals surface area contributed by atoms with Crippen LogP contribution in [0.5, 0.6) is 0 Å². The highest BCUT2D eigenvalue weighted by Gasteiger charge is 2.26. The van der Waals surface area contributed by atoms with E-state index in [-0.39, 0.29) is 5.25 Å². The van der Waals surface area contributed by atoms with Crippen molar-refractivity contribution >= 4 is 9.84 Å². The van der Waals surface area contributed by atoms with Gasteiger partial charge >= 0.3 is 0 Å². The minimum atomic E-state index is -2.82. The highest BCUT2D eigenvalue weighted by atomic mass is 32.2. The van der Waals surface area contributed by atoms with Crippen LogP contribution in [0.2, 0.25) is 0 Å². The molecule has 2 saturated carbocycles. The average molecular weight is 273 g/mol. The summed E-state index contributed by atoms with van der Waals surface area (Å²) in [5.74, 6) is 0.386. The predicted octanol–water partition coefficient (Wildman–Crippen LogP) is 2.66. The standard InChI is InChI=1S/C14H27NO2S/c16-18(17,14-9-2-1-3-10-14)12-6-11-15-13-7-4-5-8-13/h13-15H,1-12H2. The summed E-state index contributed by atoms with van der Waals surface area (Å²) in [5, 5.41) is 3.46. The molecular weight excluding hydrogens is 246 g/mol. The normalized spacial score (nSPS) is 23.6. The Morgan fingerprint density at radius 2 is 1.50 bits per heavy atom. The van der Waals surface area contributed by atoms with Crippen LogP contribution in [0, 0.1) is 0 Å². The third kappa shape index (κ3) is 4.23. The number of nitrogens with one attached hydrogen (secondary N) is 1. The van der Waals surface area contributed by atoms with Crippen molar-refractivity contribution in [3.8, 4) is 0 Å². The molecule has 0 heterocycles. The maximum absolute atomic E-state index is 12.2. The first-order valence-electron chi connectivity index (χ1n) is 7.63. The molecule has 0 unspecified atom stereocenters. The van der Waals surface area contributed by atoms with Crippen molar-refractivity contribution in [3.63, 3.8) is 0 Å². The molecule has 0 bridgehead atoms. The monoisotopic (exact) mass is 273 g/mol. The van der Waals surface area contributed by atoms with E-state index in [0.717, 1.165) is 38.6 Å². The maximum atomic E-state index is 12.2. The molecule has 0 aliphatic heterocycles. The van der Waals surface area contributed by atoms with Gasteiger partial charge in [0, 0.05) is 6.04 Å². The van der Waals surface area contributed by atoms with E-state index in [1.165, 1.54) is 32.1 Å². The number of rotatable bonds is 6. The first-order valence-corrected chi connectivity index (χ1v) is 9.35. The summed E-state index contributed by atoms with van der Waals surface area (Å²) < 4.78 is 24.3. The van der Waals surface area contributed by atoms with Crippen molar-refractivity contribution in [2.45, 2.75) is 75.5 Å². The second-order valence-electron chi connectivity index (χ2n) is 5.92. The van der Waals surface area contributed by atoms with Gasteiger partial charge in [-0.25, -0.2) is 8.42 Å².